The molecule has 1 aromatic carbocycles. The number of benzene rings is 1. The summed E-state index contributed by atoms with van der Waals surface area (Å²) < 4.78 is 0. The number of aryl methyl sites for hydroxylation is 2. The average Bonchev–Trinajstić information content (AvgIpc) is 2.41. The van der Waals surface area contributed by atoms with Crippen LogP contribution in [0, 0.1) is 13.8 Å². The number of halogens is 1. The second-order valence-corrected chi connectivity index (χ2v) is 4.92. The first kappa shape index (κ1) is 15.0. The second kappa shape index (κ2) is 6.37. The Morgan fingerprint density at radius 3 is 2.71 bits per heavy atom. The molecule has 0 saturated heterocycles. The molecule has 1 heterocycles. The van der Waals surface area contributed by atoms with Gasteiger partial charge in [0.2, 0.25) is 0 Å². The monoisotopic (exact) mass is 303 g/mol. The van der Waals surface area contributed by atoms with E-state index in [0.29, 0.717) is 16.4 Å². The van der Waals surface area contributed by atoms with Gasteiger partial charge in [0.15, 0.2) is 5.84 Å². The molecule has 0 aliphatic carbocycles. The van der Waals surface area contributed by atoms with Crippen molar-refractivity contribution in [2.24, 2.45) is 4.99 Å². The van der Waals surface area contributed by atoms with E-state index < -0.39 is 6.09 Å². The van der Waals surface area contributed by atoms with Crippen LogP contribution in [0.25, 0.3) is 0 Å². The van der Waals surface area contributed by atoms with Crippen LogP contribution >= 0.6 is 11.6 Å². The molecule has 6 heteroatoms. The summed E-state index contributed by atoms with van der Waals surface area (Å²) in [5.74, 6) is 0.163. The quantitative estimate of drug-likeness (QED) is 0.656. The van der Waals surface area contributed by atoms with E-state index in [-0.39, 0.29) is 5.84 Å². The molecule has 0 radical (unpaired) electrons. The third-order valence-corrected chi connectivity index (χ3v) is 2.99. The summed E-state index contributed by atoms with van der Waals surface area (Å²) in [4.78, 5) is 19.6. The summed E-state index contributed by atoms with van der Waals surface area (Å²) in [5.41, 5.74) is 2.71. The highest BCUT2D eigenvalue weighted by Gasteiger charge is 2.10. The molecule has 108 valence electrons. The minimum absolute atomic E-state index is 0.163. The summed E-state index contributed by atoms with van der Waals surface area (Å²) in [6.45, 7) is 3.70. The third kappa shape index (κ3) is 4.03. The smallest absolute Gasteiger partial charge is 0.410 e. The predicted octanol–water partition coefficient (Wildman–Crippen LogP) is 3.70. The second-order valence-electron chi connectivity index (χ2n) is 4.49. The van der Waals surface area contributed by atoms with Gasteiger partial charge >= 0.3 is 6.09 Å². The van der Waals surface area contributed by atoms with Crippen molar-refractivity contribution in [1.29, 1.82) is 0 Å². The number of nitrogens with one attached hydrogen (secondary N) is 1. The molecule has 1 aromatic heterocycles. The molecule has 5 nitrogen and oxygen atoms in total. The van der Waals surface area contributed by atoms with Crippen LogP contribution in [0.4, 0.5) is 10.5 Å². The highest BCUT2D eigenvalue weighted by Crippen LogP contribution is 2.23. The lowest BCUT2D eigenvalue weighted by Gasteiger charge is -2.08. The number of amides is 1. The van der Waals surface area contributed by atoms with E-state index in [9.17, 15) is 4.79 Å². The van der Waals surface area contributed by atoms with Crippen LogP contribution in [0.1, 0.15) is 17.0 Å². The standard InChI is InChI=1S/C15H14ClN3O2/c1-9-6-7-11(16)8-13(9)18-14(19-15(20)21)12-5-3-4-10(2)17-12/h3-8H,1-2H3,(H,18,19)(H,20,21). The molecule has 21 heavy (non-hydrogen) atoms. The largest absolute Gasteiger partial charge is 0.465 e. The van der Waals surface area contributed by atoms with E-state index in [0.717, 1.165) is 11.3 Å². The van der Waals surface area contributed by atoms with Gasteiger partial charge in [0, 0.05) is 10.7 Å². The fourth-order valence-electron chi connectivity index (χ4n) is 1.75. The maximum Gasteiger partial charge on any atom is 0.410 e. The average molecular weight is 304 g/mol. The van der Waals surface area contributed by atoms with E-state index in [1.54, 1.807) is 24.3 Å². The molecule has 2 rings (SSSR count). The van der Waals surface area contributed by atoms with Crippen LogP contribution in [-0.4, -0.2) is 22.0 Å². The lowest BCUT2D eigenvalue weighted by molar-refractivity contribution is 0.200. The van der Waals surface area contributed by atoms with Gasteiger partial charge in [0.25, 0.3) is 0 Å². The third-order valence-electron chi connectivity index (χ3n) is 2.76. The van der Waals surface area contributed by atoms with E-state index in [1.165, 1.54) is 0 Å². The van der Waals surface area contributed by atoms with Crippen molar-refractivity contribution in [2.45, 2.75) is 13.8 Å². The Hall–Kier alpha value is -2.40. The number of aromatic nitrogens is 1. The number of carbonyl (C=O) groups is 1. The Balaban J connectivity index is 2.51. The molecule has 2 N–H and O–H groups in total. The van der Waals surface area contributed by atoms with Crippen LogP contribution in [-0.2, 0) is 0 Å². The zero-order valence-corrected chi connectivity index (χ0v) is 12.3. The Kier molecular flexibility index (Phi) is 4.55. The lowest BCUT2D eigenvalue weighted by atomic mass is 10.2. The van der Waals surface area contributed by atoms with Crippen molar-refractivity contribution in [3.8, 4) is 0 Å². The number of amidine groups is 1. The molecule has 0 bridgehead atoms. The van der Waals surface area contributed by atoms with E-state index in [4.69, 9.17) is 16.7 Å². The maximum atomic E-state index is 11.0. The minimum Gasteiger partial charge on any atom is -0.465 e. The molecule has 0 atom stereocenters. The van der Waals surface area contributed by atoms with Crippen LogP contribution in [0.3, 0.4) is 0 Å². The van der Waals surface area contributed by atoms with Crippen molar-refractivity contribution in [3.63, 3.8) is 0 Å². The molecule has 0 saturated carbocycles. The van der Waals surface area contributed by atoms with Gasteiger partial charge in [-0.3, -0.25) is 5.32 Å². The number of nitrogens with zero attached hydrogens (tertiary/aromatic N) is 2. The zero-order valence-electron chi connectivity index (χ0n) is 11.6. The number of carboxylic acid groups (broad SMARTS) is 1. The van der Waals surface area contributed by atoms with Crippen molar-refractivity contribution in [1.82, 2.24) is 10.3 Å². The molecular weight excluding hydrogens is 290 g/mol. The highest BCUT2D eigenvalue weighted by molar-refractivity contribution is 6.30. The molecule has 2 aromatic rings. The summed E-state index contributed by atoms with van der Waals surface area (Å²) in [6.07, 6.45) is -1.20. The molecule has 0 aliphatic rings. The van der Waals surface area contributed by atoms with Gasteiger partial charge in [-0.2, -0.15) is 0 Å². The SMILES string of the molecule is Cc1cccc(C(=Nc2cc(Cl)ccc2C)NC(=O)O)n1. The molecule has 0 aliphatic heterocycles. The van der Waals surface area contributed by atoms with E-state index >= 15 is 0 Å². The molecule has 0 spiro atoms. The normalized spacial score (nSPS) is 11.3. The van der Waals surface area contributed by atoms with Crippen LogP contribution < -0.4 is 5.32 Å². The van der Waals surface area contributed by atoms with Crippen molar-refractivity contribution < 1.29 is 9.90 Å². The summed E-state index contributed by atoms with van der Waals surface area (Å²) in [7, 11) is 0. The van der Waals surface area contributed by atoms with Crippen LogP contribution in [0.5, 0.6) is 0 Å². The van der Waals surface area contributed by atoms with Gasteiger partial charge in [-0.1, -0.05) is 23.7 Å². The summed E-state index contributed by atoms with van der Waals surface area (Å²) in [6, 6.07) is 10.6. The summed E-state index contributed by atoms with van der Waals surface area (Å²) >= 11 is 5.96. The van der Waals surface area contributed by atoms with Gasteiger partial charge in [0.05, 0.1) is 5.69 Å². The zero-order chi connectivity index (χ0) is 15.4. The number of pyridine rings is 1. The van der Waals surface area contributed by atoms with Crippen molar-refractivity contribution in [2.75, 3.05) is 0 Å². The number of hydrogen-bond acceptors (Lipinski definition) is 3. The topological polar surface area (TPSA) is 74.6 Å². The van der Waals surface area contributed by atoms with Crippen molar-refractivity contribution in [3.05, 3.63) is 58.4 Å². The predicted molar refractivity (Wildman–Crippen MR) is 82.5 cm³/mol. The highest BCUT2D eigenvalue weighted by atomic mass is 35.5. The van der Waals surface area contributed by atoms with E-state index in [1.807, 2.05) is 26.0 Å². The molecule has 0 fully saturated rings. The Morgan fingerprint density at radius 1 is 1.29 bits per heavy atom. The minimum atomic E-state index is -1.20. The first-order valence-corrected chi connectivity index (χ1v) is 6.62. The number of rotatable bonds is 2. The van der Waals surface area contributed by atoms with Gasteiger partial charge in [-0.25, -0.2) is 14.8 Å². The van der Waals surface area contributed by atoms with E-state index in [2.05, 4.69) is 15.3 Å². The first-order chi connectivity index (χ1) is 9.95. The maximum absolute atomic E-state index is 11.0. The molecular formula is C15H14ClN3O2. The van der Waals surface area contributed by atoms with Gasteiger partial charge in [-0.05, 0) is 43.7 Å². The Labute approximate surface area is 127 Å². The Morgan fingerprint density at radius 2 is 2.05 bits per heavy atom. The lowest BCUT2D eigenvalue weighted by Crippen LogP contribution is -2.30. The Bertz CT molecular complexity index is 714. The van der Waals surface area contributed by atoms with Crippen LogP contribution in [0.2, 0.25) is 5.02 Å². The fourth-order valence-corrected chi connectivity index (χ4v) is 1.92. The first-order valence-electron chi connectivity index (χ1n) is 6.24. The van der Waals surface area contributed by atoms with Gasteiger partial charge < -0.3 is 5.11 Å². The molecule has 1 amide bonds. The summed E-state index contributed by atoms with van der Waals surface area (Å²) in [5, 5.41) is 11.8. The molecule has 0 unspecified atom stereocenters. The number of hydrogen-bond donors (Lipinski definition) is 2. The fraction of sp³-hybridized carbons (Fsp3) is 0.133. The number of aliphatic imine (C=N–C) groups is 1. The van der Waals surface area contributed by atoms with Gasteiger partial charge in [0.1, 0.15) is 5.69 Å². The van der Waals surface area contributed by atoms with Gasteiger partial charge in [-0.15, -0.1) is 0 Å². The van der Waals surface area contributed by atoms with Crippen molar-refractivity contribution >= 4 is 29.2 Å². The van der Waals surface area contributed by atoms with Crippen LogP contribution in [0.15, 0.2) is 41.4 Å².